The van der Waals surface area contributed by atoms with E-state index in [-0.39, 0.29) is 0 Å². The first kappa shape index (κ1) is 9.54. The van der Waals surface area contributed by atoms with Gasteiger partial charge in [-0.25, -0.2) is 4.68 Å². The Balaban J connectivity index is 1.91. The maximum Gasteiger partial charge on any atom is 0.126 e. The van der Waals surface area contributed by atoms with Gasteiger partial charge in [0.2, 0.25) is 0 Å². The van der Waals surface area contributed by atoms with Gasteiger partial charge in [-0.15, -0.1) is 0 Å². The smallest absolute Gasteiger partial charge is 0.126 e. The number of hydrogen-bond donors (Lipinski definition) is 1. The molecule has 3 rings (SSSR count). The largest absolute Gasteiger partial charge is 0.384 e. The summed E-state index contributed by atoms with van der Waals surface area (Å²) in [5.74, 6) is 2.95. The standard InChI is InChI=1S/C10H15N3OS/c11-10-8-5-15-6-9(8)12-13(10)7-1-3-14-4-2-7/h7H,1-6,11H2. The lowest BCUT2D eigenvalue weighted by molar-refractivity contribution is 0.0668. The molecule has 3 heterocycles. The first-order valence-electron chi connectivity index (χ1n) is 5.37. The average Bonchev–Trinajstić information content (AvgIpc) is 2.83. The Bertz CT molecular complexity index is 371. The van der Waals surface area contributed by atoms with Gasteiger partial charge < -0.3 is 10.5 Å². The van der Waals surface area contributed by atoms with Crippen LogP contribution in [0.4, 0.5) is 5.82 Å². The van der Waals surface area contributed by atoms with Crippen molar-refractivity contribution in [3.8, 4) is 0 Å². The lowest BCUT2D eigenvalue weighted by Gasteiger charge is -2.23. The molecule has 0 saturated carbocycles. The van der Waals surface area contributed by atoms with E-state index in [1.54, 1.807) is 0 Å². The molecule has 2 aliphatic heterocycles. The summed E-state index contributed by atoms with van der Waals surface area (Å²) in [5.41, 5.74) is 8.60. The van der Waals surface area contributed by atoms with Crippen LogP contribution >= 0.6 is 11.8 Å². The summed E-state index contributed by atoms with van der Waals surface area (Å²) >= 11 is 1.90. The number of anilines is 1. The van der Waals surface area contributed by atoms with Gasteiger partial charge in [0, 0.05) is 30.3 Å². The third kappa shape index (κ3) is 1.54. The van der Waals surface area contributed by atoms with Gasteiger partial charge in [0.1, 0.15) is 5.82 Å². The Kier molecular flexibility index (Phi) is 2.36. The zero-order chi connectivity index (χ0) is 10.3. The molecule has 5 heteroatoms. The minimum absolute atomic E-state index is 0.453. The summed E-state index contributed by atoms with van der Waals surface area (Å²) in [6, 6.07) is 0.453. The zero-order valence-corrected chi connectivity index (χ0v) is 9.42. The minimum atomic E-state index is 0.453. The van der Waals surface area contributed by atoms with Crippen LogP contribution in [0, 0.1) is 0 Å². The highest BCUT2D eigenvalue weighted by atomic mass is 32.2. The van der Waals surface area contributed by atoms with Gasteiger partial charge in [-0.1, -0.05) is 0 Å². The maximum atomic E-state index is 6.13. The van der Waals surface area contributed by atoms with Crippen molar-refractivity contribution in [2.45, 2.75) is 30.4 Å². The first-order chi connectivity index (χ1) is 7.36. The molecule has 15 heavy (non-hydrogen) atoms. The van der Waals surface area contributed by atoms with Crippen LogP contribution in [-0.4, -0.2) is 23.0 Å². The SMILES string of the molecule is Nc1c2c(nn1C1CCOCC1)CSC2. The molecule has 0 radical (unpaired) electrons. The lowest BCUT2D eigenvalue weighted by atomic mass is 10.1. The molecular weight excluding hydrogens is 210 g/mol. The van der Waals surface area contributed by atoms with E-state index < -0.39 is 0 Å². The molecule has 0 spiro atoms. The molecular formula is C10H15N3OS. The van der Waals surface area contributed by atoms with Gasteiger partial charge in [-0.2, -0.15) is 16.9 Å². The van der Waals surface area contributed by atoms with Crippen LogP contribution in [0.1, 0.15) is 30.1 Å². The van der Waals surface area contributed by atoms with Gasteiger partial charge in [0.25, 0.3) is 0 Å². The van der Waals surface area contributed by atoms with E-state index >= 15 is 0 Å². The molecule has 0 unspecified atom stereocenters. The fourth-order valence-corrected chi connectivity index (χ4v) is 3.31. The highest BCUT2D eigenvalue weighted by Crippen LogP contribution is 2.35. The molecule has 1 aromatic heterocycles. The number of hydrogen-bond acceptors (Lipinski definition) is 4. The Labute approximate surface area is 93.2 Å². The summed E-state index contributed by atoms with van der Waals surface area (Å²) in [5, 5.41) is 4.63. The fourth-order valence-electron chi connectivity index (χ4n) is 2.26. The fraction of sp³-hybridized carbons (Fsp3) is 0.700. The highest BCUT2D eigenvalue weighted by molar-refractivity contribution is 7.98. The van der Waals surface area contributed by atoms with Crippen molar-refractivity contribution in [3.05, 3.63) is 11.3 Å². The quantitative estimate of drug-likeness (QED) is 0.788. The number of ether oxygens (including phenoxy) is 1. The number of nitrogens with two attached hydrogens (primary N) is 1. The normalized spacial score (nSPS) is 21.9. The van der Waals surface area contributed by atoms with Crippen molar-refractivity contribution in [1.29, 1.82) is 0 Å². The summed E-state index contributed by atoms with van der Waals surface area (Å²) in [4.78, 5) is 0. The van der Waals surface area contributed by atoms with Crippen LogP contribution in [0.3, 0.4) is 0 Å². The molecule has 0 aromatic carbocycles. The number of aromatic nitrogens is 2. The van der Waals surface area contributed by atoms with E-state index in [9.17, 15) is 0 Å². The summed E-state index contributed by atoms with van der Waals surface area (Å²) in [6.45, 7) is 1.67. The minimum Gasteiger partial charge on any atom is -0.384 e. The molecule has 1 fully saturated rings. The average molecular weight is 225 g/mol. The number of nitrogens with zero attached hydrogens (tertiary/aromatic N) is 2. The Morgan fingerprint density at radius 3 is 2.87 bits per heavy atom. The van der Waals surface area contributed by atoms with Crippen LogP contribution in [0.15, 0.2) is 0 Å². The zero-order valence-electron chi connectivity index (χ0n) is 8.61. The van der Waals surface area contributed by atoms with Gasteiger partial charge >= 0.3 is 0 Å². The third-order valence-corrected chi connectivity index (χ3v) is 4.13. The third-order valence-electron chi connectivity index (χ3n) is 3.15. The molecule has 2 aliphatic rings. The van der Waals surface area contributed by atoms with Gasteiger partial charge in [0.05, 0.1) is 11.7 Å². The highest BCUT2D eigenvalue weighted by Gasteiger charge is 2.25. The number of thioether (sulfide) groups is 1. The van der Waals surface area contributed by atoms with E-state index in [4.69, 9.17) is 10.5 Å². The second kappa shape index (κ2) is 3.72. The summed E-state index contributed by atoms with van der Waals surface area (Å²) in [6.07, 6.45) is 2.08. The molecule has 0 aliphatic carbocycles. The molecule has 2 N–H and O–H groups in total. The molecule has 1 saturated heterocycles. The monoisotopic (exact) mass is 225 g/mol. The lowest BCUT2D eigenvalue weighted by Crippen LogP contribution is -2.22. The molecule has 1 aromatic rings. The van der Waals surface area contributed by atoms with E-state index in [1.165, 1.54) is 11.3 Å². The van der Waals surface area contributed by atoms with E-state index in [0.717, 1.165) is 43.4 Å². The second-order valence-electron chi connectivity index (χ2n) is 4.09. The Morgan fingerprint density at radius 1 is 1.33 bits per heavy atom. The molecule has 0 atom stereocenters. The molecule has 0 amide bonds. The Hall–Kier alpha value is -0.680. The van der Waals surface area contributed by atoms with E-state index in [0.29, 0.717) is 6.04 Å². The maximum absolute atomic E-state index is 6.13. The molecule has 82 valence electrons. The van der Waals surface area contributed by atoms with Gasteiger partial charge in [-0.3, -0.25) is 0 Å². The predicted molar refractivity (Wildman–Crippen MR) is 60.7 cm³/mol. The number of rotatable bonds is 1. The van der Waals surface area contributed by atoms with Gasteiger partial charge in [0.15, 0.2) is 0 Å². The van der Waals surface area contributed by atoms with Crippen LogP contribution in [-0.2, 0) is 16.2 Å². The van der Waals surface area contributed by atoms with Crippen molar-refractivity contribution in [2.24, 2.45) is 0 Å². The molecule has 4 nitrogen and oxygen atoms in total. The number of nitrogen functional groups attached to an aromatic ring is 1. The van der Waals surface area contributed by atoms with E-state index in [2.05, 4.69) is 5.10 Å². The van der Waals surface area contributed by atoms with E-state index in [1.807, 2.05) is 16.4 Å². The van der Waals surface area contributed by atoms with Crippen molar-refractivity contribution in [1.82, 2.24) is 9.78 Å². The predicted octanol–water partition coefficient (Wildman–Crippen LogP) is 1.56. The topological polar surface area (TPSA) is 53.1 Å². The van der Waals surface area contributed by atoms with Gasteiger partial charge in [-0.05, 0) is 12.8 Å². The molecule has 0 bridgehead atoms. The van der Waals surface area contributed by atoms with Crippen LogP contribution in [0.2, 0.25) is 0 Å². The van der Waals surface area contributed by atoms with Crippen molar-refractivity contribution >= 4 is 17.6 Å². The summed E-state index contributed by atoms with van der Waals surface area (Å²) < 4.78 is 7.39. The van der Waals surface area contributed by atoms with Crippen LogP contribution < -0.4 is 5.73 Å². The first-order valence-corrected chi connectivity index (χ1v) is 6.53. The second-order valence-corrected chi connectivity index (χ2v) is 5.08. The van der Waals surface area contributed by atoms with Crippen molar-refractivity contribution in [3.63, 3.8) is 0 Å². The summed E-state index contributed by atoms with van der Waals surface area (Å²) in [7, 11) is 0. The number of fused-ring (bicyclic) bond motifs is 1. The van der Waals surface area contributed by atoms with Crippen molar-refractivity contribution in [2.75, 3.05) is 18.9 Å². The van der Waals surface area contributed by atoms with Crippen LogP contribution in [0.25, 0.3) is 0 Å². The van der Waals surface area contributed by atoms with Crippen LogP contribution in [0.5, 0.6) is 0 Å². The Morgan fingerprint density at radius 2 is 2.13 bits per heavy atom. The van der Waals surface area contributed by atoms with Crippen molar-refractivity contribution < 1.29 is 4.74 Å².